The minimum Gasteiger partial charge on any atom is -0.469 e. The van der Waals surface area contributed by atoms with E-state index in [4.69, 9.17) is 0 Å². The van der Waals surface area contributed by atoms with E-state index >= 15 is 0 Å². The molecule has 5 nitrogen and oxygen atoms in total. The highest BCUT2D eigenvalue weighted by atomic mass is 16.5. The molecule has 29 heavy (non-hydrogen) atoms. The van der Waals surface area contributed by atoms with Crippen LogP contribution >= 0.6 is 0 Å². The summed E-state index contributed by atoms with van der Waals surface area (Å²) in [7, 11) is 1.38. The highest BCUT2D eigenvalue weighted by Gasteiger charge is 2.42. The zero-order valence-electron chi connectivity index (χ0n) is 17.9. The van der Waals surface area contributed by atoms with Crippen molar-refractivity contribution in [2.45, 2.75) is 89.8 Å². The van der Waals surface area contributed by atoms with Gasteiger partial charge in [0.25, 0.3) is 0 Å². The summed E-state index contributed by atoms with van der Waals surface area (Å²) in [6, 6.07) is 0. The minimum atomic E-state index is -0.724. The molecule has 4 atom stereocenters. The third kappa shape index (κ3) is 6.42. The molecule has 2 unspecified atom stereocenters. The topological polar surface area (TPSA) is 83.8 Å². The van der Waals surface area contributed by atoms with E-state index in [-0.39, 0.29) is 35.4 Å². The van der Waals surface area contributed by atoms with E-state index in [0.717, 1.165) is 32.1 Å². The van der Waals surface area contributed by atoms with Crippen LogP contribution in [0.3, 0.4) is 0 Å². The monoisotopic (exact) mass is 404 g/mol. The summed E-state index contributed by atoms with van der Waals surface area (Å²) in [4.78, 5) is 23.4. The molecule has 0 aromatic heterocycles. The average molecular weight is 405 g/mol. The van der Waals surface area contributed by atoms with Gasteiger partial charge in [-0.3, -0.25) is 9.59 Å². The number of Topliss-reactive ketones (excluding diaryl/α,β-unsaturated/α-hetero) is 1. The van der Waals surface area contributed by atoms with E-state index in [1.54, 1.807) is 0 Å². The van der Waals surface area contributed by atoms with Gasteiger partial charge in [0, 0.05) is 25.2 Å². The van der Waals surface area contributed by atoms with Crippen LogP contribution in [-0.4, -0.2) is 41.3 Å². The second-order valence-corrected chi connectivity index (χ2v) is 8.55. The summed E-state index contributed by atoms with van der Waals surface area (Å²) in [5.74, 6) is 5.37. The molecule has 2 saturated carbocycles. The van der Waals surface area contributed by atoms with Crippen molar-refractivity contribution in [1.82, 2.24) is 0 Å². The molecule has 2 rings (SSSR count). The van der Waals surface area contributed by atoms with Gasteiger partial charge in [0.1, 0.15) is 5.78 Å². The number of ketones is 1. The van der Waals surface area contributed by atoms with Gasteiger partial charge < -0.3 is 14.9 Å². The lowest BCUT2D eigenvalue weighted by atomic mass is 9.62. The van der Waals surface area contributed by atoms with Gasteiger partial charge in [-0.15, -0.1) is 5.92 Å². The van der Waals surface area contributed by atoms with Crippen LogP contribution in [0.15, 0.2) is 12.2 Å². The molecule has 0 heterocycles. The van der Waals surface area contributed by atoms with Crippen molar-refractivity contribution in [3.63, 3.8) is 0 Å². The first-order chi connectivity index (χ1) is 13.9. The second-order valence-electron chi connectivity index (χ2n) is 8.55. The number of carbonyl (C=O) groups is 2. The fraction of sp³-hybridized carbons (Fsp3) is 0.750. The van der Waals surface area contributed by atoms with Crippen LogP contribution in [0.25, 0.3) is 0 Å². The number of unbranched alkanes of at least 4 members (excludes halogenated alkanes) is 1. The van der Waals surface area contributed by atoms with Crippen LogP contribution < -0.4 is 0 Å². The number of hydrogen-bond acceptors (Lipinski definition) is 5. The lowest BCUT2D eigenvalue weighted by Crippen LogP contribution is -2.41. The van der Waals surface area contributed by atoms with Gasteiger partial charge >= 0.3 is 5.97 Å². The first-order valence-corrected chi connectivity index (χ1v) is 11.0. The Balaban J connectivity index is 1.85. The van der Waals surface area contributed by atoms with Crippen molar-refractivity contribution in [2.75, 3.05) is 7.11 Å². The summed E-state index contributed by atoms with van der Waals surface area (Å²) in [5, 5.41) is 20.9. The van der Waals surface area contributed by atoms with Gasteiger partial charge in [-0.2, -0.15) is 0 Å². The number of hydrogen-bond donors (Lipinski definition) is 2. The number of allylic oxidation sites excluding steroid dienone is 2. The van der Waals surface area contributed by atoms with Crippen LogP contribution in [0.4, 0.5) is 0 Å². The van der Waals surface area contributed by atoms with E-state index in [0.29, 0.717) is 25.7 Å². The molecule has 0 aromatic carbocycles. The third-order valence-corrected chi connectivity index (χ3v) is 6.58. The van der Waals surface area contributed by atoms with Crippen molar-refractivity contribution < 1.29 is 24.5 Å². The molecule has 0 spiro atoms. The van der Waals surface area contributed by atoms with Gasteiger partial charge in [0.05, 0.1) is 25.2 Å². The Kier molecular flexibility index (Phi) is 9.39. The molecule has 0 bridgehead atoms. The van der Waals surface area contributed by atoms with Crippen LogP contribution in [-0.2, 0) is 14.3 Å². The van der Waals surface area contributed by atoms with Gasteiger partial charge in [0.2, 0.25) is 0 Å². The smallest absolute Gasteiger partial charge is 0.305 e. The Labute approximate surface area is 174 Å². The number of methoxy groups -OCH3 is 1. The Morgan fingerprint density at radius 2 is 2.14 bits per heavy atom. The van der Waals surface area contributed by atoms with Crippen LogP contribution in [0, 0.1) is 29.1 Å². The molecule has 0 saturated heterocycles. The Morgan fingerprint density at radius 3 is 2.76 bits per heavy atom. The van der Waals surface area contributed by atoms with Gasteiger partial charge in [-0.25, -0.2) is 0 Å². The van der Waals surface area contributed by atoms with E-state index in [2.05, 4.69) is 23.5 Å². The third-order valence-electron chi connectivity index (χ3n) is 6.58. The second kappa shape index (κ2) is 11.5. The van der Waals surface area contributed by atoms with Gasteiger partial charge in [0.15, 0.2) is 0 Å². The lowest BCUT2D eigenvalue weighted by Gasteiger charge is -2.45. The molecular formula is C24H36O5. The standard InChI is InChI=1S/C24H36O5/c1-3-14-24(15-9-16-24)22(27)12-8-11-19-18(20(25)17-21(19)26)10-6-4-5-7-13-23(28)29-2/h4,6,18-19,21-22,26-27H,3,5,7,9-10,12-17H2,1-2H3/b6-4-/t18-,19?,21-,22?/m1/s1. The van der Waals surface area contributed by atoms with Crippen molar-refractivity contribution in [3.05, 3.63) is 12.2 Å². The molecule has 0 aliphatic heterocycles. The molecule has 2 N–H and O–H groups in total. The fourth-order valence-corrected chi connectivity index (χ4v) is 4.62. The fourth-order valence-electron chi connectivity index (χ4n) is 4.62. The van der Waals surface area contributed by atoms with E-state index in [1.165, 1.54) is 13.5 Å². The van der Waals surface area contributed by atoms with Gasteiger partial charge in [-0.05, 0) is 43.9 Å². The molecule has 0 radical (unpaired) electrons. The molecule has 5 heteroatoms. The maximum atomic E-state index is 12.3. The molecule has 2 aliphatic rings. The average Bonchev–Trinajstić information content (AvgIpc) is 2.93. The highest BCUT2D eigenvalue weighted by molar-refractivity contribution is 5.85. The van der Waals surface area contributed by atoms with Crippen molar-refractivity contribution >= 4 is 11.8 Å². The Bertz CT molecular complexity index is 637. The van der Waals surface area contributed by atoms with E-state index in [1.807, 2.05) is 12.2 Å². The zero-order chi connectivity index (χ0) is 21.3. The lowest BCUT2D eigenvalue weighted by molar-refractivity contribution is -0.140. The predicted molar refractivity (Wildman–Crippen MR) is 112 cm³/mol. The SMILES string of the molecule is CCCC1(C(O)CC#CC2[C@H](O)CC(=O)[C@@H]2C/C=C\CCCC(=O)OC)CCC1. The van der Waals surface area contributed by atoms with Crippen molar-refractivity contribution in [3.8, 4) is 11.8 Å². The van der Waals surface area contributed by atoms with Crippen LogP contribution in [0.5, 0.6) is 0 Å². The summed E-state index contributed by atoms with van der Waals surface area (Å²) in [6.07, 6.45) is 11.1. The maximum Gasteiger partial charge on any atom is 0.305 e. The van der Waals surface area contributed by atoms with Crippen molar-refractivity contribution in [1.29, 1.82) is 0 Å². The van der Waals surface area contributed by atoms with Crippen LogP contribution in [0.1, 0.15) is 77.6 Å². The molecule has 0 amide bonds. The highest BCUT2D eigenvalue weighted by Crippen LogP contribution is 2.48. The van der Waals surface area contributed by atoms with Gasteiger partial charge in [-0.1, -0.05) is 37.8 Å². The molecule has 162 valence electrons. The number of esters is 1. The number of rotatable bonds is 10. The summed E-state index contributed by atoms with van der Waals surface area (Å²) < 4.78 is 4.61. The summed E-state index contributed by atoms with van der Waals surface area (Å²) in [6.45, 7) is 2.15. The number of ether oxygens (including phenoxy) is 1. The largest absolute Gasteiger partial charge is 0.469 e. The quantitative estimate of drug-likeness (QED) is 0.252. The molecule has 0 aromatic rings. The number of carbonyl (C=O) groups excluding carboxylic acids is 2. The number of aliphatic hydroxyl groups is 2. The Hall–Kier alpha value is -1.64. The first-order valence-electron chi connectivity index (χ1n) is 11.0. The molecular weight excluding hydrogens is 368 g/mol. The van der Waals surface area contributed by atoms with Crippen LogP contribution in [0.2, 0.25) is 0 Å². The Morgan fingerprint density at radius 1 is 1.38 bits per heavy atom. The normalized spacial score (nSPS) is 26.6. The summed E-state index contributed by atoms with van der Waals surface area (Å²) in [5.41, 5.74) is 0.0277. The molecule has 2 aliphatic carbocycles. The maximum absolute atomic E-state index is 12.3. The summed E-state index contributed by atoms with van der Waals surface area (Å²) >= 11 is 0. The predicted octanol–water partition coefficient (Wildman–Crippen LogP) is 3.57. The van der Waals surface area contributed by atoms with Crippen molar-refractivity contribution in [2.24, 2.45) is 17.3 Å². The van der Waals surface area contributed by atoms with E-state index in [9.17, 15) is 19.8 Å². The first kappa shape index (κ1) is 23.6. The minimum absolute atomic E-state index is 0.0277. The number of aliphatic hydroxyl groups excluding tert-OH is 2. The molecule has 2 fully saturated rings. The van der Waals surface area contributed by atoms with E-state index < -0.39 is 12.2 Å². The zero-order valence-corrected chi connectivity index (χ0v) is 17.9.